The van der Waals surface area contributed by atoms with Crippen LogP contribution in [0.5, 0.6) is 0 Å². The lowest BCUT2D eigenvalue weighted by Gasteiger charge is -2.27. The Bertz CT molecular complexity index is 3890. The predicted octanol–water partition coefficient (Wildman–Crippen LogP) is 17.9. The summed E-state index contributed by atoms with van der Waals surface area (Å²) in [5.74, 6) is 0. The molecule has 67 heavy (non-hydrogen) atoms. The number of aromatic nitrogens is 1. The number of anilines is 3. The summed E-state index contributed by atoms with van der Waals surface area (Å²) in [6.45, 7) is 4.72. The average molecular weight is 855 g/mol. The first-order chi connectivity index (χ1) is 33.0. The first kappa shape index (κ1) is 39.0. The maximum absolute atomic E-state index is 2.43. The molecule has 1 aliphatic carbocycles. The monoisotopic (exact) mass is 854 g/mol. The molecule has 0 saturated carbocycles. The summed E-state index contributed by atoms with van der Waals surface area (Å²) < 4.78 is 2.40. The lowest BCUT2D eigenvalue weighted by molar-refractivity contribution is 0.660. The lowest BCUT2D eigenvalue weighted by atomic mass is 9.82. The number of hydrogen-bond donors (Lipinski definition) is 0. The van der Waals surface area contributed by atoms with Crippen LogP contribution in [0.3, 0.4) is 0 Å². The highest BCUT2D eigenvalue weighted by molar-refractivity contribution is 6.16. The normalized spacial score (nSPS) is 12.7. The molecule has 0 amide bonds. The molecule has 12 aromatic rings. The van der Waals surface area contributed by atoms with Crippen LogP contribution in [-0.2, 0) is 5.41 Å². The minimum Gasteiger partial charge on any atom is -0.310 e. The van der Waals surface area contributed by atoms with E-state index < -0.39 is 0 Å². The van der Waals surface area contributed by atoms with Crippen molar-refractivity contribution in [3.8, 4) is 50.2 Å². The summed E-state index contributed by atoms with van der Waals surface area (Å²) in [5.41, 5.74) is 19.4. The second-order valence-electron chi connectivity index (χ2n) is 18.5. The van der Waals surface area contributed by atoms with E-state index in [-0.39, 0.29) is 5.41 Å². The number of benzene rings is 11. The van der Waals surface area contributed by atoms with E-state index in [1.165, 1.54) is 99.0 Å². The zero-order chi connectivity index (χ0) is 44.6. The average Bonchev–Trinajstić information content (AvgIpc) is 3.85. The fourth-order valence-electron chi connectivity index (χ4n) is 11.3. The van der Waals surface area contributed by atoms with E-state index in [1.54, 1.807) is 0 Å². The second-order valence-corrected chi connectivity index (χ2v) is 18.5. The molecule has 0 atom stereocenters. The summed E-state index contributed by atoms with van der Waals surface area (Å²) >= 11 is 0. The topological polar surface area (TPSA) is 8.17 Å². The smallest absolute Gasteiger partial charge is 0.0547 e. The van der Waals surface area contributed by atoms with Gasteiger partial charge in [0.2, 0.25) is 0 Å². The van der Waals surface area contributed by atoms with Crippen LogP contribution < -0.4 is 4.90 Å². The van der Waals surface area contributed by atoms with Crippen LogP contribution in [0.4, 0.5) is 17.1 Å². The van der Waals surface area contributed by atoms with E-state index in [4.69, 9.17) is 0 Å². The molecule has 1 aromatic heterocycles. The number of hydrogen-bond acceptors (Lipinski definition) is 1. The first-order valence-electron chi connectivity index (χ1n) is 23.3. The molecule has 0 spiro atoms. The maximum atomic E-state index is 2.43. The summed E-state index contributed by atoms with van der Waals surface area (Å²) in [6.07, 6.45) is 0. The van der Waals surface area contributed by atoms with Gasteiger partial charge in [0.1, 0.15) is 0 Å². The van der Waals surface area contributed by atoms with E-state index in [9.17, 15) is 0 Å². The molecule has 0 bridgehead atoms. The zero-order valence-electron chi connectivity index (χ0n) is 37.5. The van der Waals surface area contributed by atoms with E-state index in [2.05, 4.69) is 266 Å². The number of para-hydroxylation sites is 2. The molecule has 0 aliphatic heterocycles. The van der Waals surface area contributed by atoms with E-state index in [0.29, 0.717) is 0 Å². The van der Waals surface area contributed by atoms with Gasteiger partial charge >= 0.3 is 0 Å². The van der Waals surface area contributed by atoms with Crippen LogP contribution in [0.15, 0.2) is 243 Å². The van der Waals surface area contributed by atoms with Crippen molar-refractivity contribution in [3.05, 3.63) is 254 Å². The Morgan fingerprint density at radius 1 is 0.343 bits per heavy atom. The zero-order valence-corrected chi connectivity index (χ0v) is 37.5. The molecule has 0 fully saturated rings. The molecular formula is C65H46N2. The highest BCUT2D eigenvalue weighted by atomic mass is 15.1. The fraction of sp³-hybridized carbons (Fsp3) is 0.0462. The molecule has 0 N–H and O–H groups in total. The van der Waals surface area contributed by atoms with Crippen molar-refractivity contribution in [2.45, 2.75) is 19.3 Å². The van der Waals surface area contributed by atoms with Gasteiger partial charge in [-0.25, -0.2) is 0 Å². The SMILES string of the molecule is CC1(C)c2ccccc2-c2c(-c3cccc(N(c4ccc(-c5cccc6c5ccc5ccccc56)cc4)c4cccc(-c5cccc6c5c5ccccc5n6-c5ccccc5)c4)c3)cccc21. The summed E-state index contributed by atoms with van der Waals surface area (Å²) in [4.78, 5) is 2.43. The molecule has 0 saturated heterocycles. The van der Waals surface area contributed by atoms with Crippen molar-refractivity contribution >= 4 is 60.4 Å². The third-order valence-corrected chi connectivity index (χ3v) is 14.4. The molecule has 2 nitrogen and oxygen atoms in total. The van der Waals surface area contributed by atoms with Gasteiger partial charge in [0.15, 0.2) is 0 Å². The highest BCUT2D eigenvalue weighted by Crippen LogP contribution is 2.52. The fourth-order valence-corrected chi connectivity index (χ4v) is 11.3. The van der Waals surface area contributed by atoms with Crippen LogP contribution in [-0.4, -0.2) is 4.57 Å². The van der Waals surface area contributed by atoms with Crippen LogP contribution >= 0.6 is 0 Å². The van der Waals surface area contributed by atoms with Gasteiger partial charge in [0.05, 0.1) is 11.0 Å². The minimum absolute atomic E-state index is 0.0821. The van der Waals surface area contributed by atoms with Crippen LogP contribution in [0.1, 0.15) is 25.0 Å². The van der Waals surface area contributed by atoms with Gasteiger partial charge in [-0.15, -0.1) is 0 Å². The van der Waals surface area contributed by atoms with Gasteiger partial charge in [0.25, 0.3) is 0 Å². The standard InChI is InChI=1S/C65H46N2/c1-65(2)59-31-10-8-25-57(59)63-53(28-15-32-60(63)65)45-18-12-22-49(41-45)66(48-38-35-44(36-39-48)52-27-14-30-55-51-24-7-6-17-43(51)37-40-56(52)55)50-23-13-19-46(42-50)54-29-16-34-62-64(54)58-26-9-11-33-61(58)67(62)47-20-4-3-5-21-47/h3-42H,1-2H3. The summed E-state index contributed by atoms with van der Waals surface area (Å²) in [5, 5.41) is 7.56. The largest absolute Gasteiger partial charge is 0.310 e. The van der Waals surface area contributed by atoms with Gasteiger partial charge in [0, 0.05) is 38.9 Å². The Kier molecular flexibility index (Phi) is 8.91. The quantitative estimate of drug-likeness (QED) is 0.145. The van der Waals surface area contributed by atoms with Gasteiger partial charge < -0.3 is 9.47 Å². The van der Waals surface area contributed by atoms with E-state index in [0.717, 1.165) is 22.7 Å². The van der Waals surface area contributed by atoms with Gasteiger partial charge in [-0.1, -0.05) is 196 Å². The van der Waals surface area contributed by atoms with Crippen molar-refractivity contribution in [2.75, 3.05) is 4.90 Å². The van der Waals surface area contributed by atoms with Gasteiger partial charge in [-0.05, 0) is 138 Å². The third kappa shape index (κ3) is 6.18. The summed E-state index contributed by atoms with van der Waals surface area (Å²) in [7, 11) is 0. The lowest BCUT2D eigenvalue weighted by Crippen LogP contribution is -2.14. The third-order valence-electron chi connectivity index (χ3n) is 14.4. The molecule has 316 valence electrons. The Morgan fingerprint density at radius 2 is 0.925 bits per heavy atom. The maximum Gasteiger partial charge on any atom is 0.0547 e. The molecule has 1 aliphatic rings. The minimum atomic E-state index is -0.0821. The predicted molar refractivity (Wildman–Crippen MR) is 284 cm³/mol. The van der Waals surface area contributed by atoms with Crippen molar-refractivity contribution in [1.29, 1.82) is 0 Å². The van der Waals surface area contributed by atoms with Crippen molar-refractivity contribution in [1.82, 2.24) is 4.57 Å². The first-order valence-corrected chi connectivity index (χ1v) is 23.3. The van der Waals surface area contributed by atoms with Crippen molar-refractivity contribution in [3.63, 3.8) is 0 Å². The summed E-state index contributed by atoms with van der Waals surface area (Å²) in [6, 6.07) is 89.4. The van der Waals surface area contributed by atoms with E-state index >= 15 is 0 Å². The highest BCUT2D eigenvalue weighted by Gasteiger charge is 2.36. The molecule has 2 heteroatoms. The van der Waals surface area contributed by atoms with Crippen LogP contribution in [0.25, 0.3) is 93.5 Å². The second kappa shape index (κ2) is 15.3. The number of fused-ring (bicyclic) bond motifs is 9. The van der Waals surface area contributed by atoms with Crippen LogP contribution in [0, 0.1) is 0 Å². The molecule has 0 radical (unpaired) electrons. The Hall–Kier alpha value is -8.46. The van der Waals surface area contributed by atoms with Crippen molar-refractivity contribution < 1.29 is 0 Å². The molecule has 0 unspecified atom stereocenters. The molecule has 11 aromatic carbocycles. The Balaban J connectivity index is 0.983. The van der Waals surface area contributed by atoms with Crippen LogP contribution in [0.2, 0.25) is 0 Å². The number of nitrogens with zero attached hydrogens (tertiary/aromatic N) is 2. The molecule has 13 rings (SSSR count). The van der Waals surface area contributed by atoms with Crippen molar-refractivity contribution in [2.24, 2.45) is 0 Å². The van der Waals surface area contributed by atoms with E-state index in [1.807, 2.05) is 0 Å². The van der Waals surface area contributed by atoms with Gasteiger partial charge in [-0.3, -0.25) is 0 Å². The Labute approximate surface area is 391 Å². The Morgan fingerprint density at radius 3 is 1.75 bits per heavy atom. The molecular weight excluding hydrogens is 809 g/mol. The van der Waals surface area contributed by atoms with Gasteiger partial charge in [-0.2, -0.15) is 0 Å². The molecule has 1 heterocycles. The number of rotatable bonds is 7.